The Kier molecular flexibility index (Phi) is 3.49. The molecule has 1 saturated carbocycles. The summed E-state index contributed by atoms with van der Waals surface area (Å²) in [5.74, 6) is 0.969. The topological polar surface area (TPSA) is 21.3 Å². The molecule has 0 atom stereocenters. The highest BCUT2D eigenvalue weighted by atomic mass is 16.5. The number of rotatable bonds is 5. The standard InChI is InChI=1S/C13H19NO/c1-2-10-15-13-8-6-12(7-9-13)14-11-4-3-5-11/h6-9,11,14H,2-5,10H2,1H3. The van der Waals surface area contributed by atoms with Gasteiger partial charge in [-0.05, 0) is 49.9 Å². The fourth-order valence-corrected chi connectivity index (χ4v) is 1.66. The molecule has 0 aromatic heterocycles. The van der Waals surface area contributed by atoms with E-state index in [1.807, 2.05) is 12.1 Å². The van der Waals surface area contributed by atoms with Crippen molar-refractivity contribution in [1.29, 1.82) is 0 Å². The molecule has 2 nitrogen and oxygen atoms in total. The molecule has 0 radical (unpaired) electrons. The van der Waals surface area contributed by atoms with E-state index in [0.717, 1.165) is 18.8 Å². The Hall–Kier alpha value is -1.18. The summed E-state index contributed by atoms with van der Waals surface area (Å²) in [5, 5.41) is 3.51. The van der Waals surface area contributed by atoms with Gasteiger partial charge < -0.3 is 10.1 Å². The normalized spacial score (nSPS) is 15.8. The van der Waals surface area contributed by atoms with Gasteiger partial charge in [0.05, 0.1) is 6.61 Å². The molecular weight excluding hydrogens is 186 g/mol. The Morgan fingerprint density at radius 3 is 2.53 bits per heavy atom. The Morgan fingerprint density at radius 1 is 1.27 bits per heavy atom. The number of benzene rings is 1. The Labute approximate surface area is 91.6 Å². The molecule has 0 aliphatic heterocycles. The number of anilines is 1. The molecule has 0 saturated heterocycles. The number of ether oxygens (including phenoxy) is 1. The van der Waals surface area contributed by atoms with Crippen molar-refractivity contribution in [2.45, 2.75) is 38.6 Å². The van der Waals surface area contributed by atoms with Crippen LogP contribution in [0.2, 0.25) is 0 Å². The van der Waals surface area contributed by atoms with Crippen LogP contribution >= 0.6 is 0 Å². The van der Waals surface area contributed by atoms with Gasteiger partial charge in [0, 0.05) is 11.7 Å². The van der Waals surface area contributed by atoms with Crippen LogP contribution in [0.5, 0.6) is 5.75 Å². The smallest absolute Gasteiger partial charge is 0.119 e. The maximum atomic E-state index is 5.53. The Balaban J connectivity index is 1.85. The second-order valence-corrected chi connectivity index (χ2v) is 4.15. The van der Waals surface area contributed by atoms with Crippen molar-refractivity contribution >= 4 is 5.69 Å². The highest BCUT2D eigenvalue weighted by molar-refractivity contribution is 5.47. The summed E-state index contributed by atoms with van der Waals surface area (Å²) in [6.07, 6.45) is 5.06. The molecule has 1 N–H and O–H groups in total. The number of hydrogen-bond acceptors (Lipinski definition) is 2. The van der Waals surface area contributed by atoms with Crippen LogP contribution in [0.3, 0.4) is 0 Å². The highest BCUT2D eigenvalue weighted by Gasteiger charge is 2.16. The lowest BCUT2D eigenvalue weighted by Gasteiger charge is -2.27. The molecule has 1 fully saturated rings. The first-order chi connectivity index (χ1) is 7.38. The van der Waals surface area contributed by atoms with E-state index in [2.05, 4.69) is 24.4 Å². The van der Waals surface area contributed by atoms with Crippen molar-refractivity contribution in [3.05, 3.63) is 24.3 Å². The predicted octanol–water partition coefficient (Wildman–Crippen LogP) is 3.44. The molecule has 0 amide bonds. The number of nitrogens with one attached hydrogen (secondary N) is 1. The summed E-state index contributed by atoms with van der Waals surface area (Å²) in [4.78, 5) is 0. The molecule has 2 heteroatoms. The van der Waals surface area contributed by atoms with Gasteiger partial charge in [-0.3, -0.25) is 0 Å². The van der Waals surface area contributed by atoms with Crippen LogP contribution in [0.15, 0.2) is 24.3 Å². The zero-order valence-electron chi connectivity index (χ0n) is 9.33. The van der Waals surface area contributed by atoms with Crippen molar-refractivity contribution in [3.63, 3.8) is 0 Å². The first-order valence-corrected chi connectivity index (χ1v) is 5.88. The van der Waals surface area contributed by atoms with Gasteiger partial charge in [0.1, 0.15) is 5.75 Å². The number of hydrogen-bond donors (Lipinski definition) is 1. The molecule has 15 heavy (non-hydrogen) atoms. The minimum Gasteiger partial charge on any atom is -0.494 e. The quantitative estimate of drug-likeness (QED) is 0.795. The molecule has 0 unspecified atom stereocenters. The maximum absolute atomic E-state index is 5.53. The summed E-state index contributed by atoms with van der Waals surface area (Å²) >= 11 is 0. The van der Waals surface area contributed by atoms with Crippen LogP contribution in [0.4, 0.5) is 5.69 Å². The van der Waals surface area contributed by atoms with Gasteiger partial charge in [-0.25, -0.2) is 0 Å². The van der Waals surface area contributed by atoms with Crippen LogP contribution < -0.4 is 10.1 Å². The summed E-state index contributed by atoms with van der Waals surface area (Å²) in [6.45, 7) is 2.92. The third-order valence-corrected chi connectivity index (χ3v) is 2.80. The van der Waals surface area contributed by atoms with E-state index in [1.165, 1.54) is 24.9 Å². The van der Waals surface area contributed by atoms with Gasteiger partial charge in [-0.15, -0.1) is 0 Å². The summed E-state index contributed by atoms with van der Waals surface area (Å²) < 4.78 is 5.53. The van der Waals surface area contributed by atoms with Crippen LogP contribution in [-0.2, 0) is 0 Å². The molecule has 1 aliphatic carbocycles. The van der Waals surface area contributed by atoms with Gasteiger partial charge in [-0.2, -0.15) is 0 Å². The molecule has 0 bridgehead atoms. The molecular formula is C13H19NO. The first kappa shape index (κ1) is 10.3. The third kappa shape index (κ3) is 2.88. The van der Waals surface area contributed by atoms with Gasteiger partial charge in [0.25, 0.3) is 0 Å². The Bertz CT molecular complexity index is 290. The second-order valence-electron chi connectivity index (χ2n) is 4.15. The lowest BCUT2D eigenvalue weighted by Crippen LogP contribution is -2.26. The maximum Gasteiger partial charge on any atom is 0.119 e. The van der Waals surface area contributed by atoms with E-state index < -0.39 is 0 Å². The molecule has 0 heterocycles. The van der Waals surface area contributed by atoms with E-state index in [0.29, 0.717) is 6.04 Å². The predicted molar refractivity (Wildman–Crippen MR) is 63.5 cm³/mol. The van der Waals surface area contributed by atoms with E-state index in [9.17, 15) is 0 Å². The van der Waals surface area contributed by atoms with Crippen molar-refractivity contribution in [2.24, 2.45) is 0 Å². The SMILES string of the molecule is CCCOc1ccc(NC2CCC2)cc1. The summed E-state index contributed by atoms with van der Waals surface area (Å²) in [5.41, 5.74) is 1.21. The van der Waals surface area contributed by atoms with Gasteiger partial charge >= 0.3 is 0 Å². The van der Waals surface area contributed by atoms with Crippen molar-refractivity contribution < 1.29 is 4.74 Å². The largest absolute Gasteiger partial charge is 0.494 e. The minimum absolute atomic E-state index is 0.701. The van der Waals surface area contributed by atoms with Gasteiger partial charge in [0.15, 0.2) is 0 Å². The van der Waals surface area contributed by atoms with Crippen LogP contribution in [0.25, 0.3) is 0 Å². The lowest BCUT2D eigenvalue weighted by molar-refractivity contribution is 0.317. The first-order valence-electron chi connectivity index (χ1n) is 5.88. The fraction of sp³-hybridized carbons (Fsp3) is 0.538. The van der Waals surface area contributed by atoms with Crippen LogP contribution in [-0.4, -0.2) is 12.6 Å². The van der Waals surface area contributed by atoms with Crippen molar-refractivity contribution in [2.75, 3.05) is 11.9 Å². The zero-order chi connectivity index (χ0) is 10.5. The van der Waals surface area contributed by atoms with E-state index in [4.69, 9.17) is 4.74 Å². The second kappa shape index (κ2) is 5.06. The monoisotopic (exact) mass is 205 g/mol. The average Bonchev–Trinajstić information content (AvgIpc) is 2.22. The molecule has 0 spiro atoms. The van der Waals surface area contributed by atoms with Gasteiger partial charge in [0.2, 0.25) is 0 Å². The van der Waals surface area contributed by atoms with Gasteiger partial charge in [-0.1, -0.05) is 6.92 Å². The zero-order valence-corrected chi connectivity index (χ0v) is 9.33. The Morgan fingerprint density at radius 2 is 2.00 bits per heavy atom. The van der Waals surface area contributed by atoms with E-state index >= 15 is 0 Å². The highest BCUT2D eigenvalue weighted by Crippen LogP contribution is 2.24. The fourth-order valence-electron chi connectivity index (χ4n) is 1.66. The minimum atomic E-state index is 0.701. The van der Waals surface area contributed by atoms with Crippen LogP contribution in [0.1, 0.15) is 32.6 Å². The molecule has 1 aliphatic rings. The lowest BCUT2D eigenvalue weighted by atomic mass is 9.93. The van der Waals surface area contributed by atoms with E-state index in [-0.39, 0.29) is 0 Å². The molecule has 1 aromatic carbocycles. The summed E-state index contributed by atoms with van der Waals surface area (Å²) in [6, 6.07) is 8.98. The molecule has 1 aromatic rings. The third-order valence-electron chi connectivity index (χ3n) is 2.80. The summed E-state index contributed by atoms with van der Waals surface area (Å²) in [7, 11) is 0. The van der Waals surface area contributed by atoms with Crippen LogP contribution in [0, 0.1) is 0 Å². The average molecular weight is 205 g/mol. The molecule has 2 rings (SSSR count). The van der Waals surface area contributed by atoms with Crippen molar-refractivity contribution in [1.82, 2.24) is 0 Å². The van der Waals surface area contributed by atoms with Crippen molar-refractivity contribution in [3.8, 4) is 5.75 Å². The van der Waals surface area contributed by atoms with E-state index in [1.54, 1.807) is 0 Å². The molecule has 82 valence electrons.